The highest BCUT2D eigenvalue weighted by Crippen LogP contribution is 2.27. The number of hydrogen-bond acceptors (Lipinski definition) is 4. The first kappa shape index (κ1) is 12.4. The molecule has 3 atom stereocenters. The van der Waals surface area contributed by atoms with Gasteiger partial charge in [-0.1, -0.05) is 0 Å². The molecule has 0 bridgehead atoms. The third kappa shape index (κ3) is 3.02. The highest BCUT2D eigenvalue weighted by molar-refractivity contribution is 4.92. The van der Waals surface area contributed by atoms with E-state index >= 15 is 0 Å². The van der Waals surface area contributed by atoms with Crippen molar-refractivity contribution in [3.05, 3.63) is 36.7 Å². The summed E-state index contributed by atoms with van der Waals surface area (Å²) in [6.07, 6.45) is 8.83. The summed E-state index contributed by atoms with van der Waals surface area (Å²) in [5, 5.41) is 17.7. The van der Waals surface area contributed by atoms with Crippen molar-refractivity contribution in [3.63, 3.8) is 0 Å². The molecule has 3 rings (SSSR count). The monoisotopic (exact) mass is 261 g/mol. The SMILES string of the molecule is O[C@@H]1CC(Cn2cccn2)C[C@H]1NCc1ncc[nH]1. The lowest BCUT2D eigenvalue weighted by atomic mass is 10.1. The zero-order chi connectivity index (χ0) is 13.1. The van der Waals surface area contributed by atoms with Gasteiger partial charge in [-0.2, -0.15) is 5.10 Å². The maximum Gasteiger partial charge on any atom is 0.120 e. The summed E-state index contributed by atoms with van der Waals surface area (Å²) in [6, 6.07) is 2.07. The fourth-order valence-electron chi connectivity index (χ4n) is 2.78. The van der Waals surface area contributed by atoms with Gasteiger partial charge in [0.25, 0.3) is 0 Å². The van der Waals surface area contributed by atoms with Crippen LogP contribution in [0.1, 0.15) is 18.7 Å². The molecule has 0 spiro atoms. The number of hydrogen-bond donors (Lipinski definition) is 3. The number of aromatic amines is 1. The van der Waals surface area contributed by atoms with Crippen LogP contribution in [-0.4, -0.2) is 37.0 Å². The van der Waals surface area contributed by atoms with Gasteiger partial charge < -0.3 is 15.4 Å². The van der Waals surface area contributed by atoms with Crippen LogP contribution in [0.15, 0.2) is 30.9 Å². The molecule has 0 saturated heterocycles. The van der Waals surface area contributed by atoms with Crippen LogP contribution >= 0.6 is 0 Å². The lowest BCUT2D eigenvalue weighted by Crippen LogP contribution is -2.35. The smallest absolute Gasteiger partial charge is 0.120 e. The van der Waals surface area contributed by atoms with E-state index in [1.807, 2.05) is 23.1 Å². The highest BCUT2D eigenvalue weighted by atomic mass is 16.3. The molecule has 2 heterocycles. The largest absolute Gasteiger partial charge is 0.391 e. The molecule has 1 unspecified atom stereocenters. The number of nitrogens with zero attached hydrogens (tertiary/aromatic N) is 3. The predicted octanol–water partition coefficient (Wildman–Crippen LogP) is 0.535. The summed E-state index contributed by atoms with van der Waals surface area (Å²) in [7, 11) is 0. The summed E-state index contributed by atoms with van der Waals surface area (Å²) in [5.74, 6) is 1.38. The summed E-state index contributed by atoms with van der Waals surface area (Å²) in [4.78, 5) is 7.22. The van der Waals surface area contributed by atoms with Gasteiger partial charge in [-0.15, -0.1) is 0 Å². The van der Waals surface area contributed by atoms with Gasteiger partial charge in [-0.05, 0) is 24.8 Å². The van der Waals surface area contributed by atoms with Crippen LogP contribution in [0.2, 0.25) is 0 Å². The molecule has 1 aliphatic rings. The standard InChI is InChI=1S/C13H19N5O/c19-12-7-10(9-18-5-1-2-17-18)6-11(12)16-8-13-14-3-4-15-13/h1-5,10-12,16,19H,6-9H2,(H,14,15)/t10?,11-,12-/m1/s1. The zero-order valence-electron chi connectivity index (χ0n) is 10.7. The topological polar surface area (TPSA) is 78.8 Å². The first-order valence-electron chi connectivity index (χ1n) is 6.68. The third-order valence-corrected chi connectivity index (χ3v) is 3.72. The van der Waals surface area contributed by atoms with Gasteiger partial charge in [0.15, 0.2) is 0 Å². The molecule has 1 fully saturated rings. The van der Waals surface area contributed by atoms with Crippen molar-refractivity contribution in [2.24, 2.45) is 5.92 Å². The van der Waals surface area contributed by atoms with Crippen LogP contribution in [0.5, 0.6) is 0 Å². The van der Waals surface area contributed by atoms with E-state index in [4.69, 9.17) is 0 Å². The van der Waals surface area contributed by atoms with Crippen molar-refractivity contribution in [1.29, 1.82) is 0 Å². The minimum atomic E-state index is -0.282. The van der Waals surface area contributed by atoms with E-state index in [-0.39, 0.29) is 12.1 Å². The van der Waals surface area contributed by atoms with Crippen LogP contribution in [0.3, 0.4) is 0 Å². The Bertz CT molecular complexity index is 481. The van der Waals surface area contributed by atoms with Crippen LogP contribution in [0.4, 0.5) is 0 Å². The maximum absolute atomic E-state index is 10.1. The highest BCUT2D eigenvalue weighted by Gasteiger charge is 2.32. The summed E-state index contributed by atoms with van der Waals surface area (Å²) < 4.78 is 1.94. The van der Waals surface area contributed by atoms with Crippen molar-refractivity contribution in [3.8, 4) is 0 Å². The molecular weight excluding hydrogens is 242 g/mol. The van der Waals surface area contributed by atoms with E-state index in [1.165, 1.54) is 0 Å². The van der Waals surface area contributed by atoms with E-state index < -0.39 is 0 Å². The second kappa shape index (κ2) is 5.54. The van der Waals surface area contributed by atoms with E-state index in [2.05, 4.69) is 20.4 Å². The first-order valence-corrected chi connectivity index (χ1v) is 6.68. The van der Waals surface area contributed by atoms with Crippen molar-refractivity contribution in [1.82, 2.24) is 25.1 Å². The molecule has 2 aromatic heterocycles. The molecular formula is C13H19N5O. The minimum absolute atomic E-state index is 0.144. The van der Waals surface area contributed by atoms with Crippen LogP contribution < -0.4 is 5.32 Å². The van der Waals surface area contributed by atoms with Crippen LogP contribution in [0.25, 0.3) is 0 Å². The summed E-state index contributed by atoms with van der Waals surface area (Å²) in [6.45, 7) is 1.55. The van der Waals surface area contributed by atoms with Crippen molar-refractivity contribution in [2.75, 3.05) is 0 Å². The zero-order valence-corrected chi connectivity index (χ0v) is 10.7. The molecule has 6 nitrogen and oxygen atoms in total. The number of aromatic nitrogens is 4. The van der Waals surface area contributed by atoms with E-state index in [0.29, 0.717) is 12.5 Å². The van der Waals surface area contributed by atoms with Crippen molar-refractivity contribution in [2.45, 2.75) is 38.1 Å². The van der Waals surface area contributed by atoms with Gasteiger partial charge in [0.2, 0.25) is 0 Å². The second-order valence-corrected chi connectivity index (χ2v) is 5.16. The Kier molecular flexibility index (Phi) is 3.61. The van der Waals surface area contributed by atoms with Gasteiger partial charge in [0.05, 0.1) is 12.6 Å². The van der Waals surface area contributed by atoms with Gasteiger partial charge in [-0.3, -0.25) is 4.68 Å². The average molecular weight is 261 g/mol. The average Bonchev–Trinajstić information content (AvgIpc) is 3.10. The summed E-state index contributed by atoms with van der Waals surface area (Å²) in [5.41, 5.74) is 0. The Hall–Kier alpha value is -1.66. The first-order chi connectivity index (χ1) is 9.31. The molecule has 6 heteroatoms. The number of aliphatic hydroxyl groups is 1. The van der Waals surface area contributed by atoms with E-state index in [0.717, 1.165) is 25.2 Å². The Labute approximate surface area is 111 Å². The maximum atomic E-state index is 10.1. The molecule has 1 aliphatic carbocycles. The van der Waals surface area contributed by atoms with Crippen LogP contribution in [-0.2, 0) is 13.1 Å². The molecule has 0 radical (unpaired) electrons. The Morgan fingerprint density at radius 3 is 3.11 bits per heavy atom. The molecule has 0 amide bonds. The molecule has 1 saturated carbocycles. The van der Waals surface area contributed by atoms with Gasteiger partial charge >= 0.3 is 0 Å². The number of aliphatic hydroxyl groups excluding tert-OH is 1. The van der Waals surface area contributed by atoms with Gasteiger partial charge in [0.1, 0.15) is 5.82 Å². The van der Waals surface area contributed by atoms with E-state index in [1.54, 1.807) is 12.4 Å². The molecule has 0 aliphatic heterocycles. The second-order valence-electron chi connectivity index (χ2n) is 5.16. The Morgan fingerprint density at radius 1 is 1.42 bits per heavy atom. The number of nitrogens with one attached hydrogen (secondary N) is 2. The van der Waals surface area contributed by atoms with Crippen molar-refractivity contribution < 1.29 is 5.11 Å². The Balaban J connectivity index is 1.50. The normalized spacial score (nSPS) is 26.9. The lowest BCUT2D eigenvalue weighted by Gasteiger charge is -2.15. The number of H-pyrrole nitrogens is 1. The number of rotatable bonds is 5. The van der Waals surface area contributed by atoms with E-state index in [9.17, 15) is 5.11 Å². The Morgan fingerprint density at radius 2 is 2.37 bits per heavy atom. The third-order valence-electron chi connectivity index (χ3n) is 3.72. The summed E-state index contributed by atoms with van der Waals surface area (Å²) >= 11 is 0. The fourth-order valence-corrected chi connectivity index (χ4v) is 2.78. The molecule has 0 aromatic carbocycles. The molecule has 19 heavy (non-hydrogen) atoms. The predicted molar refractivity (Wildman–Crippen MR) is 70.2 cm³/mol. The van der Waals surface area contributed by atoms with Gasteiger partial charge in [0, 0.05) is 37.4 Å². The molecule has 2 aromatic rings. The van der Waals surface area contributed by atoms with Crippen LogP contribution in [0, 0.1) is 5.92 Å². The quantitative estimate of drug-likeness (QED) is 0.734. The van der Waals surface area contributed by atoms with Gasteiger partial charge in [-0.25, -0.2) is 4.98 Å². The lowest BCUT2D eigenvalue weighted by molar-refractivity contribution is 0.145. The minimum Gasteiger partial charge on any atom is -0.391 e. The molecule has 3 N–H and O–H groups in total. The molecule has 102 valence electrons. The number of imidazole rings is 1. The van der Waals surface area contributed by atoms with Crippen molar-refractivity contribution >= 4 is 0 Å². The fraction of sp³-hybridized carbons (Fsp3) is 0.538.